The fourth-order valence-electron chi connectivity index (χ4n) is 3.23. The van der Waals surface area contributed by atoms with Crippen LogP contribution < -0.4 is 10.9 Å². The summed E-state index contributed by atoms with van der Waals surface area (Å²) in [5.74, 6) is -0.319. The molecule has 2 heterocycles. The topological polar surface area (TPSA) is 103 Å². The van der Waals surface area contributed by atoms with Crippen molar-refractivity contribution in [2.45, 2.75) is 27.4 Å². The van der Waals surface area contributed by atoms with E-state index in [-0.39, 0.29) is 18.1 Å². The number of nitrogens with one attached hydrogen (secondary N) is 1. The summed E-state index contributed by atoms with van der Waals surface area (Å²) in [5, 5.41) is 2.84. The van der Waals surface area contributed by atoms with Gasteiger partial charge in [0.05, 0.1) is 11.3 Å². The molecule has 0 saturated heterocycles. The first kappa shape index (κ1) is 21.0. The highest BCUT2D eigenvalue weighted by Crippen LogP contribution is 2.19. The number of anilines is 1. The lowest BCUT2D eigenvalue weighted by molar-refractivity contribution is 0.0467. The highest BCUT2D eigenvalue weighted by Gasteiger charge is 2.14. The van der Waals surface area contributed by atoms with Crippen LogP contribution in [0.25, 0.3) is 5.65 Å². The maximum Gasteiger partial charge on any atom is 0.338 e. The zero-order chi connectivity index (χ0) is 22.8. The SMILES string of the molecule is Cc1cccc(C(=O)Nc2cc(C(=O)OCc3cc(=O)n4oc(C)cc4n3)ccc2C)c1. The number of aryl methyl sites for hydroxylation is 3. The summed E-state index contributed by atoms with van der Waals surface area (Å²) in [4.78, 5) is 41.5. The Bertz CT molecular complexity index is 1400. The lowest BCUT2D eigenvalue weighted by Gasteiger charge is -2.11. The zero-order valence-corrected chi connectivity index (χ0v) is 17.8. The lowest BCUT2D eigenvalue weighted by atomic mass is 10.1. The van der Waals surface area contributed by atoms with E-state index in [1.807, 2.05) is 26.0 Å². The van der Waals surface area contributed by atoms with E-state index in [1.54, 1.807) is 43.3 Å². The monoisotopic (exact) mass is 431 g/mol. The molecule has 2 aromatic heterocycles. The molecule has 4 aromatic rings. The summed E-state index contributed by atoms with van der Waals surface area (Å²) in [6.07, 6.45) is 0. The predicted octanol–water partition coefficient (Wildman–Crippen LogP) is 3.82. The standard InChI is InChI=1S/C24H21N3O5/c1-14-5-4-6-17(9-14)23(29)26-20-11-18(8-7-15(20)2)24(30)31-13-19-12-22(28)27-21(25-19)10-16(3)32-27/h4-12H,13H2,1-3H3,(H,26,29). The summed E-state index contributed by atoms with van der Waals surface area (Å²) in [6.45, 7) is 5.28. The van der Waals surface area contributed by atoms with Gasteiger partial charge in [-0.05, 0) is 50.6 Å². The molecule has 0 aliphatic heterocycles. The largest absolute Gasteiger partial charge is 0.456 e. The molecular formula is C24H21N3O5. The maximum atomic E-state index is 12.6. The molecule has 1 amide bonds. The first-order valence-electron chi connectivity index (χ1n) is 9.95. The second kappa shape index (κ2) is 8.50. The van der Waals surface area contributed by atoms with Gasteiger partial charge in [-0.25, -0.2) is 9.78 Å². The quantitative estimate of drug-likeness (QED) is 0.482. The zero-order valence-electron chi connectivity index (χ0n) is 17.8. The van der Waals surface area contributed by atoms with Gasteiger partial charge < -0.3 is 14.6 Å². The van der Waals surface area contributed by atoms with E-state index in [9.17, 15) is 14.4 Å². The summed E-state index contributed by atoms with van der Waals surface area (Å²) in [7, 11) is 0. The first-order chi connectivity index (χ1) is 15.3. The predicted molar refractivity (Wildman–Crippen MR) is 118 cm³/mol. The van der Waals surface area contributed by atoms with Gasteiger partial charge in [-0.3, -0.25) is 9.59 Å². The van der Waals surface area contributed by atoms with E-state index in [1.165, 1.54) is 6.07 Å². The molecule has 32 heavy (non-hydrogen) atoms. The number of carbonyl (C=O) groups excluding carboxylic acids is 2. The minimum atomic E-state index is -0.596. The Morgan fingerprint density at radius 3 is 2.62 bits per heavy atom. The van der Waals surface area contributed by atoms with Gasteiger partial charge in [-0.1, -0.05) is 23.8 Å². The van der Waals surface area contributed by atoms with Gasteiger partial charge in [0.15, 0.2) is 5.65 Å². The van der Waals surface area contributed by atoms with Crippen LogP contribution >= 0.6 is 0 Å². The maximum absolute atomic E-state index is 12.6. The molecular weight excluding hydrogens is 410 g/mol. The third-order valence-electron chi connectivity index (χ3n) is 4.88. The van der Waals surface area contributed by atoms with Gasteiger partial charge >= 0.3 is 5.97 Å². The number of rotatable bonds is 5. The van der Waals surface area contributed by atoms with Crippen molar-refractivity contribution in [3.8, 4) is 0 Å². The Morgan fingerprint density at radius 1 is 1.03 bits per heavy atom. The third kappa shape index (κ3) is 4.44. The Kier molecular flexibility index (Phi) is 5.59. The van der Waals surface area contributed by atoms with Crippen LogP contribution in [0.4, 0.5) is 5.69 Å². The Morgan fingerprint density at radius 2 is 1.84 bits per heavy atom. The molecule has 0 saturated carbocycles. The van der Waals surface area contributed by atoms with Crippen LogP contribution in [0.1, 0.15) is 43.3 Å². The Hall–Kier alpha value is -4.20. The molecule has 0 bridgehead atoms. The average Bonchev–Trinajstić information content (AvgIpc) is 3.14. The van der Waals surface area contributed by atoms with Gasteiger partial charge in [-0.2, -0.15) is 0 Å². The number of benzene rings is 2. The van der Waals surface area contributed by atoms with Crippen LogP contribution in [0.3, 0.4) is 0 Å². The van der Waals surface area contributed by atoms with Crippen molar-refractivity contribution in [1.29, 1.82) is 0 Å². The van der Waals surface area contributed by atoms with Crippen LogP contribution in [0.2, 0.25) is 0 Å². The van der Waals surface area contributed by atoms with Gasteiger partial charge in [0.25, 0.3) is 11.5 Å². The number of aromatic nitrogens is 2. The fourth-order valence-corrected chi connectivity index (χ4v) is 3.23. The van der Waals surface area contributed by atoms with Gasteiger partial charge in [-0.15, -0.1) is 4.57 Å². The Balaban J connectivity index is 1.48. The molecule has 0 aliphatic rings. The molecule has 8 heteroatoms. The number of amides is 1. The van der Waals surface area contributed by atoms with Crippen molar-refractivity contribution in [3.63, 3.8) is 0 Å². The number of ether oxygens (including phenoxy) is 1. The molecule has 2 aromatic carbocycles. The Labute approximate surface area is 183 Å². The number of esters is 1. The number of carbonyl (C=O) groups is 2. The first-order valence-corrected chi connectivity index (χ1v) is 9.95. The molecule has 0 unspecified atom stereocenters. The van der Waals surface area contributed by atoms with E-state index in [2.05, 4.69) is 10.3 Å². The van der Waals surface area contributed by atoms with Crippen LogP contribution in [0.15, 0.2) is 63.9 Å². The van der Waals surface area contributed by atoms with Crippen LogP contribution in [-0.2, 0) is 11.3 Å². The number of hydrogen-bond donors (Lipinski definition) is 1. The van der Waals surface area contributed by atoms with E-state index in [0.717, 1.165) is 15.7 Å². The second-order valence-corrected chi connectivity index (χ2v) is 7.51. The van der Waals surface area contributed by atoms with Crippen molar-refractivity contribution >= 4 is 23.2 Å². The molecule has 1 N–H and O–H groups in total. The van der Waals surface area contributed by atoms with Crippen LogP contribution in [-0.4, -0.2) is 21.4 Å². The van der Waals surface area contributed by atoms with Crippen LogP contribution in [0, 0.1) is 20.8 Å². The minimum Gasteiger partial charge on any atom is -0.456 e. The van der Waals surface area contributed by atoms with E-state index >= 15 is 0 Å². The molecule has 0 fully saturated rings. The molecule has 0 spiro atoms. The van der Waals surface area contributed by atoms with E-state index < -0.39 is 11.5 Å². The summed E-state index contributed by atoms with van der Waals surface area (Å²) >= 11 is 0. The summed E-state index contributed by atoms with van der Waals surface area (Å²) in [5.41, 5.74) is 3.35. The molecule has 8 nitrogen and oxygen atoms in total. The normalized spacial score (nSPS) is 10.8. The van der Waals surface area contributed by atoms with Crippen LogP contribution in [0.5, 0.6) is 0 Å². The van der Waals surface area contributed by atoms with Crippen molar-refractivity contribution in [2.75, 3.05) is 5.32 Å². The molecule has 0 aliphatic carbocycles. The van der Waals surface area contributed by atoms with Crippen molar-refractivity contribution < 1.29 is 18.8 Å². The molecule has 0 atom stereocenters. The molecule has 162 valence electrons. The second-order valence-electron chi connectivity index (χ2n) is 7.51. The average molecular weight is 431 g/mol. The van der Waals surface area contributed by atoms with Gasteiger partial charge in [0.1, 0.15) is 12.4 Å². The summed E-state index contributed by atoms with van der Waals surface area (Å²) in [6, 6.07) is 15.0. The van der Waals surface area contributed by atoms with E-state index in [0.29, 0.717) is 28.4 Å². The van der Waals surface area contributed by atoms with E-state index in [4.69, 9.17) is 9.26 Å². The molecule has 0 radical (unpaired) electrons. The lowest BCUT2D eigenvalue weighted by Crippen LogP contribution is -2.15. The number of fused-ring (bicyclic) bond motifs is 1. The minimum absolute atomic E-state index is 0.173. The van der Waals surface area contributed by atoms with Gasteiger partial charge in [0.2, 0.25) is 0 Å². The highest BCUT2D eigenvalue weighted by atomic mass is 16.5. The smallest absolute Gasteiger partial charge is 0.338 e. The third-order valence-corrected chi connectivity index (χ3v) is 4.88. The summed E-state index contributed by atoms with van der Waals surface area (Å²) < 4.78 is 11.6. The highest BCUT2D eigenvalue weighted by molar-refractivity contribution is 6.05. The fraction of sp³-hybridized carbons (Fsp3) is 0.167. The van der Waals surface area contributed by atoms with Crippen molar-refractivity contribution in [1.82, 2.24) is 9.56 Å². The van der Waals surface area contributed by atoms with Crippen molar-refractivity contribution in [3.05, 3.63) is 98.7 Å². The van der Waals surface area contributed by atoms with Crippen molar-refractivity contribution in [2.24, 2.45) is 0 Å². The van der Waals surface area contributed by atoms with Gasteiger partial charge in [0, 0.05) is 23.4 Å². The number of hydrogen-bond acceptors (Lipinski definition) is 6. The molecule has 4 rings (SSSR count). The number of nitrogens with zero attached hydrogens (tertiary/aromatic N) is 2.